The quantitative estimate of drug-likeness (QED) is 0.0334. The van der Waals surface area contributed by atoms with Crippen molar-refractivity contribution in [3.05, 3.63) is 36.5 Å². The van der Waals surface area contributed by atoms with Crippen molar-refractivity contribution in [3.8, 4) is 0 Å². The summed E-state index contributed by atoms with van der Waals surface area (Å²) < 4.78 is 32.6. The Bertz CT molecular complexity index is 930. The molecule has 0 fully saturated rings. The number of nitrogens with one attached hydrogen (secondary N) is 1. The summed E-state index contributed by atoms with van der Waals surface area (Å²) in [6, 6.07) is -0.977. The smallest absolute Gasteiger partial charge is 0.266 e. The molecule has 0 heterocycles. The van der Waals surface area contributed by atoms with E-state index in [-0.39, 0.29) is 5.91 Å². The molecule has 3 N–H and O–H groups in total. The highest BCUT2D eigenvalue weighted by Gasteiger charge is 2.26. The fraction of sp³-hybridized carbons (Fsp3) is 0.837. The van der Waals surface area contributed by atoms with E-state index in [1.54, 1.807) is 0 Å². The fourth-order valence-corrected chi connectivity index (χ4v) is 7.16. The van der Waals surface area contributed by atoms with Gasteiger partial charge in [0.1, 0.15) is 0 Å². The van der Waals surface area contributed by atoms with Crippen LogP contribution in [0.25, 0.3) is 0 Å². The second-order valence-electron chi connectivity index (χ2n) is 14.6. The van der Waals surface area contributed by atoms with Gasteiger partial charge >= 0.3 is 0 Å². The molecule has 50 heavy (non-hydrogen) atoms. The molecule has 0 aromatic carbocycles. The Morgan fingerprint density at radius 1 is 0.540 bits per heavy atom. The highest BCUT2D eigenvalue weighted by molar-refractivity contribution is 7.85. The molecule has 2 unspecified atom stereocenters. The first-order valence-electron chi connectivity index (χ1n) is 21.2. The molecule has 1 amide bonds. The number of aliphatic hydroxyl groups excluding tert-OH is 1. The van der Waals surface area contributed by atoms with Crippen LogP contribution in [0.5, 0.6) is 0 Å². The average molecular weight is 724 g/mol. The van der Waals surface area contributed by atoms with Crippen molar-refractivity contribution in [2.75, 3.05) is 5.75 Å². The van der Waals surface area contributed by atoms with Crippen LogP contribution in [0.15, 0.2) is 36.5 Å². The maximum Gasteiger partial charge on any atom is 0.266 e. The van der Waals surface area contributed by atoms with E-state index in [1.807, 2.05) is 0 Å². The summed E-state index contributed by atoms with van der Waals surface area (Å²) in [5.74, 6) is -0.910. The Balaban J connectivity index is 3.88. The third-order valence-corrected chi connectivity index (χ3v) is 10.4. The lowest BCUT2D eigenvalue weighted by Gasteiger charge is -2.23. The standard InChI is InChI=1S/C43H81NO5S/c1-3-5-7-9-11-13-15-17-19-21-22-23-25-27-29-31-33-35-37-39-43(46)44-41(40-50(47,48)49)42(45)38-36-34-32-30-28-26-24-20-18-16-14-12-10-8-6-4-2/h11,13,17,19,22-23,41-42,45H,3-10,12,14-16,18,20-21,24-40H2,1-2H3,(H,44,46)(H,47,48,49)/b13-11-,19-17-,23-22-. The van der Waals surface area contributed by atoms with E-state index < -0.39 is 28.0 Å². The van der Waals surface area contributed by atoms with E-state index in [9.17, 15) is 22.9 Å². The molecule has 0 rings (SSSR count). The predicted octanol–water partition coefficient (Wildman–Crippen LogP) is 12.5. The van der Waals surface area contributed by atoms with E-state index in [4.69, 9.17) is 0 Å². The van der Waals surface area contributed by atoms with E-state index in [2.05, 4.69) is 55.6 Å². The van der Waals surface area contributed by atoms with Crippen molar-refractivity contribution in [1.29, 1.82) is 0 Å². The van der Waals surface area contributed by atoms with Gasteiger partial charge in [0.15, 0.2) is 0 Å². The Morgan fingerprint density at radius 2 is 0.900 bits per heavy atom. The summed E-state index contributed by atoms with van der Waals surface area (Å²) in [5.41, 5.74) is 0. The SMILES string of the molecule is CCCCC/C=C\C/C=C\C/C=C\CCCCCCCCC(=O)NC(CS(=O)(=O)O)C(O)CCCCCCCCCCCCCCCCCC. The molecule has 7 heteroatoms. The largest absolute Gasteiger partial charge is 0.391 e. The lowest BCUT2D eigenvalue weighted by Crippen LogP contribution is -2.47. The maximum atomic E-state index is 12.5. The summed E-state index contributed by atoms with van der Waals surface area (Å²) in [6.07, 6.45) is 48.0. The average Bonchev–Trinajstić information content (AvgIpc) is 3.08. The monoisotopic (exact) mass is 724 g/mol. The Morgan fingerprint density at radius 3 is 1.36 bits per heavy atom. The highest BCUT2D eigenvalue weighted by atomic mass is 32.2. The van der Waals surface area contributed by atoms with Crippen LogP contribution in [0.3, 0.4) is 0 Å². The number of hydrogen-bond donors (Lipinski definition) is 3. The number of carbonyl (C=O) groups excluding carboxylic acids is 1. The molecule has 294 valence electrons. The molecule has 0 saturated heterocycles. The summed E-state index contributed by atoms with van der Waals surface area (Å²) >= 11 is 0. The molecule has 0 aliphatic heterocycles. The van der Waals surface area contributed by atoms with Crippen LogP contribution in [-0.2, 0) is 14.9 Å². The minimum atomic E-state index is -4.31. The minimum Gasteiger partial charge on any atom is -0.391 e. The summed E-state index contributed by atoms with van der Waals surface area (Å²) in [7, 11) is -4.31. The Kier molecular flexibility index (Phi) is 36.2. The van der Waals surface area contributed by atoms with Gasteiger partial charge in [-0.1, -0.05) is 192 Å². The normalized spacial score (nSPS) is 13.6. The topological polar surface area (TPSA) is 104 Å². The number of unbranched alkanes of at least 4 members (excludes halogenated alkanes) is 24. The van der Waals surface area contributed by atoms with Crippen LogP contribution in [0, 0.1) is 0 Å². The molecule has 0 saturated carbocycles. The number of amides is 1. The van der Waals surface area contributed by atoms with E-state index >= 15 is 0 Å². The number of aliphatic hydroxyl groups is 1. The molecule has 0 radical (unpaired) electrons. The fourth-order valence-electron chi connectivity index (χ4n) is 6.40. The zero-order valence-corrected chi connectivity index (χ0v) is 33.6. The van der Waals surface area contributed by atoms with Crippen LogP contribution < -0.4 is 5.32 Å². The molecule has 6 nitrogen and oxygen atoms in total. The number of hydrogen-bond acceptors (Lipinski definition) is 4. The molecule has 0 aliphatic carbocycles. The van der Waals surface area contributed by atoms with Gasteiger partial charge < -0.3 is 10.4 Å². The van der Waals surface area contributed by atoms with Gasteiger partial charge in [-0.3, -0.25) is 9.35 Å². The third kappa shape index (κ3) is 37.8. The van der Waals surface area contributed by atoms with Crippen molar-refractivity contribution in [3.63, 3.8) is 0 Å². The molecule has 0 aromatic heterocycles. The summed E-state index contributed by atoms with van der Waals surface area (Å²) in [5, 5.41) is 13.4. The molecule has 0 bridgehead atoms. The zero-order valence-electron chi connectivity index (χ0n) is 32.8. The lowest BCUT2D eigenvalue weighted by molar-refractivity contribution is -0.122. The maximum absolute atomic E-state index is 12.5. The minimum absolute atomic E-state index is 0.258. The lowest BCUT2D eigenvalue weighted by atomic mass is 10.0. The van der Waals surface area contributed by atoms with Gasteiger partial charge in [-0.2, -0.15) is 8.42 Å². The molecule has 0 spiro atoms. The van der Waals surface area contributed by atoms with Gasteiger partial charge in [0, 0.05) is 6.42 Å². The molecular weight excluding hydrogens is 643 g/mol. The number of carbonyl (C=O) groups is 1. The van der Waals surface area contributed by atoms with Gasteiger partial charge in [-0.05, 0) is 51.4 Å². The second-order valence-corrected chi connectivity index (χ2v) is 16.1. The number of rotatable bonds is 38. The van der Waals surface area contributed by atoms with Crippen molar-refractivity contribution in [1.82, 2.24) is 5.32 Å². The van der Waals surface area contributed by atoms with Crippen LogP contribution in [0.2, 0.25) is 0 Å². The zero-order chi connectivity index (χ0) is 36.8. The van der Waals surface area contributed by atoms with Crippen molar-refractivity contribution >= 4 is 16.0 Å². The highest BCUT2D eigenvalue weighted by Crippen LogP contribution is 2.16. The van der Waals surface area contributed by atoms with Gasteiger partial charge in [0.05, 0.1) is 17.9 Å². The van der Waals surface area contributed by atoms with Crippen LogP contribution in [0.1, 0.15) is 213 Å². The van der Waals surface area contributed by atoms with Crippen LogP contribution >= 0.6 is 0 Å². The van der Waals surface area contributed by atoms with Crippen molar-refractivity contribution in [2.24, 2.45) is 0 Å². The van der Waals surface area contributed by atoms with Gasteiger partial charge in [-0.25, -0.2) is 0 Å². The molecule has 0 aliphatic rings. The predicted molar refractivity (Wildman–Crippen MR) is 216 cm³/mol. The van der Waals surface area contributed by atoms with E-state index in [0.29, 0.717) is 12.8 Å². The van der Waals surface area contributed by atoms with Gasteiger partial charge in [0.2, 0.25) is 5.91 Å². The van der Waals surface area contributed by atoms with E-state index in [1.165, 1.54) is 122 Å². The first-order chi connectivity index (χ1) is 24.3. The van der Waals surface area contributed by atoms with Gasteiger partial charge in [-0.15, -0.1) is 0 Å². The van der Waals surface area contributed by atoms with Crippen LogP contribution in [-0.4, -0.2) is 41.9 Å². The Labute approximate surface area is 310 Å². The van der Waals surface area contributed by atoms with Gasteiger partial charge in [0.25, 0.3) is 10.1 Å². The number of allylic oxidation sites excluding steroid dienone is 6. The van der Waals surface area contributed by atoms with E-state index in [0.717, 1.165) is 64.2 Å². The first kappa shape index (κ1) is 48.6. The van der Waals surface area contributed by atoms with Crippen molar-refractivity contribution < 1.29 is 22.9 Å². The molecule has 2 atom stereocenters. The summed E-state index contributed by atoms with van der Waals surface area (Å²) in [4.78, 5) is 12.5. The summed E-state index contributed by atoms with van der Waals surface area (Å²) in [6.45, 7) is 4.50. The molecular formula is C43H81NO5S. The first-order valence-corrected chi connectivity index (χ1v) is 22.8. The Hall–Kier alpha value is -1.44. The second kappa shape index (κ2) is 37.3. The van der Waals surface area contributed by atoms with Crippen molar-refractivity contribution in [2.45, 2.75) is 225 Å². The third-order valence-electron chi connectivity index (χ3n) is 9.60. The van der Waals surface area contributed by atoms with Crippen LogP contribution in [0.4, 0.5) is 0 Å². The molecule has 0 aromatic rings.